The Balaban J connectivity index is 2.08. The summed E-state index contributed by atoms with van der Waals surface area (Å²) < 4.78 is 33.8. The molecule has 7 nitrogen and oxygen atoms in total. The van der Waals surface area contributed by atoms with E-state index >= 15 is 4.39 Å². The average molecular weight is 500 g/mol. The molecule has 0 aliphatic rings. The molecule has 1 heterocycles. The van der Waals surface area contributed by atoms with Gasteiger partial charge in [0.05, 0.1) is 37.9 Å². The van der Waals surface area contributed by atoms with Crippen LogP contribution in [-0.4, -0.2) is 36.7 Å². The molecule has 196 valence electrons. The van der Waals surface area contributed by atoms with E-state index < -0.39 is 5.82 Å². The number of benzene rings is 2. The summed E-state index contributed by atoms with van der Waals surface area (Å²) in [7, 11) is 1.63. The second kappa shape index (κ2) is 10.7. The number of nitrogens with two attached hydrogens (primary N) is 1. The normalized spacial score (nSPS) is 11.7. The van der Waals surface area contributed by atoms with Crippen molar-refractivity contribution in [2.45, 2.75) is 66.5 Å². The van der Waals surface area contributed by atoms with Crippen molar-refractivity contribution in [3.05, 3.63) is 41.3 Å². The van der Waals surface area contributed by atoms with Crippen LogP contribution < -0.4 is 25.3 Å². The molecule has 0 radical (unpaired) electrons. The minimum absolute atomic E-state index is 0.0250. The van der Waals surface area contributed by atoms with Gasteiger partial charge in [0.2, 0.25) is 0 Å². The van der Waals surface area contributed by atoms with Gasteiger partial charge in [-0.2, -0.15) is 0 Å². The topological polar surface area (TPSA) is 87.7 Å². The Bertz CT molecular complexity index is 1260. The lowest BCUT2D eigenvalue weighted by Crippen LogP contribution is -2.19. The van der Waals surface area contributed by atoms with Crippen molar-refractivity contribution in [1.29, 1.82) is 0 Å². The van der Waals surface area contributed by atoms with Crippen LogP contribution in [0.2, 0.25) is 0 Å². The molecule has 3 rings (SSSR count). The number of halogens is 1. The number of ketones is 1. The molecule has 0 spiro atoms. The summed E-state index contributed by atoms with van der Waals surface area (Å²) in [6, 6.07) is 5.51. The molecule has 3 aromatic rings. The first-order valence-electron chi connectivity index (χ1n) is 12.3. The standard InChI is InChI=1S/C28H38FN3O4/c1-9-35-22-13-18-14-32(27(30)23(18)24(29)26(22)36-10-2)15-21(33)17-11-19(28(5,6)7)25(34-8)20(12-17)31-16(3)4/h11-14,16,31H,9-10,15,30H2,1-8H3. The predicted octanol–water partition coefficient (Wildman–Crippen LogP) is 6.17. The van der Waals surface area contributed by atoms with E-state index in [2.05, 4.69) is 26.1 Å². The highest BCUT2D eigenvalue weighted by Gasteiger charge is 2.26. The fourth-order valence-electron chi connectivity index (χ4n) is 4.27. The number of carbonyl (C=O) groups excluding carboxylic acids is 1. The molecule has 3 N–H and O–H groups in total. The quantitative estimate of drug-likeness (QED) is 0.324. The predicted molar refractivity (Wildman–Crippen MR) is 143 cm³/mol. The van der Waals surface area contributed by atoms with E-state index in [1.807, 2.05) is 26.8 Å². The van der Waals surface area contributed by atoms with Crippen molar-refractivity contribution in [3.8, 4) is 17.2 Å². The molecule has 36 heavy (non-hydrogen) atoms. The van der Waals surface area contributed by atoms with Gasteiger partial charge in [0.15, 0.2) is 23.1 Å². The molecular formula is C28H38FN3O4. The monoisotopic (exact) mass is 499 g/mol. The molecule has 0 saturated heterocycles. The maximum atomic E-state index is 15.4. The maximum absolute atomic E-state index is 15.4. The smallest absolute Gasteiger partial charge is 0.197 e. The zero-order valence-corrected chi connectivity index (χ0v) is 22.5. The van der Waals surface area contributed by atoms with Gasteiger partial charge in [-0.3, -0.25) is 4.79 Å². The van der Waals surface area contributed by atoms with Crippen LogP contribution in [0, 0.1) is 5.82 Å². The summed E-state index contributed by atoms with van der Waals surface area (Å²) in [6.07, 6.45) is 1.67. The highest BCUT2D eigenvalue weighted by atomic mass is 19.1. The number of ether oxygens (including phenoxy) is 3. The van der Waals surface area contributed by atoms with Gasteiger partial charge in [0.25, 0.3) is 0 Å². The van der Waals surface area contributed by atoms with E-state index in [-0.39, 0.29) is 47.3 Å². The number of Topliss-reactive ketones (excluding diaryl/α,β-unsaturated/α-hetero) is 1. The van der Waals surface area contributed by atoms with Crippen LogP contribution in [0.5, 0.6) is 17.2 Å². The average Bonchev–Trinajstić information content (AvgIpc) is 3.09. The van der Waals surface area contributed by atoms with Gasteiger partial charge in [-0.15, -0.1) is 0 Å². The lowest BCUT2D eigenvalue weighted by molar-refractivity contribution is 0.0973. The fraction of sp³-hybridized carbons (Fsp3) is 0.464. The number of hydrogen-bond acceptors (Lipinski definition) is 6. The summed E-state index contributed by atoms with van der Waals surface area (Å²) in [5.41, 5.74) is 8.27. The number of nitrogen functional groups attached to an aromatic ring is 1. The van der Waals surface area contributed by atoms with E-state index in [4.69, 9.17) is 19.9 Å². The van der Waals surface area contributed by atoms with Crippen LogP contribution in [0.25, 0.3) is 10.8 Å². The van der Waals surface area contributed by atoms with Crippen LogP contribution in [-0.2, 0) is 12.0 Å². The zero-order chi connectivity index (χ0) is 26.8. The first-order chi connectivity index (χ1) is 16.9. The second-order valence-electron chi connectivity index (χ2n) is 10.1. The Morgan fingerprint density at radius 2 is 1.78 bits per heavy atom. The zero-order valence-electron chi connectivity index (χ0n) is 22.5. The largest absolute Gasteiger partial charge is 0.494 e. The number of carbonyl (C=O) groups is 1. The van der Waals surface area contributed by atoms with Crippen molar-refractivity contribution in [1.82, 2.24) is 4.57 Å². The van der Waals surface area contributed by atoms with E-state index in [0.29, 0.717) is 29.1 Å². The Morgan fingerprint density at radius 1 is 1.11 bits per heavy atom. The van der Waals surface area contributed by atoms with Gasteiger partial charge in [-0.25, -0.2) is 4.39 Å². The third-order valence-corrected chi connectivity index (χ3v) is 5.85. The molecule has 0 unspecified atom stereocenters. The van der Waals surface area contributed by atoms with Crippen LogP contribution in [0.4, 0.5) is 15.9 Å². The van der Waals surface area contributed by atoms with Crippen molar-refractivity contribution < 1.29 is 23.4 Å². The Labute approximate surface area is 212 Å². The third kappa shape index (κ3) is 5.37. The highest BCUT2D eigenvalue weighted by molar-refractivity contribution is 6.00. The van der Waals surface area contributed by atoms with Gasteiger partial charge in [0, 0.05) is 28.8 Å². The van der Waals surface area contributed by atoms with Crippen molar-refractivity contribution in [2.24, 2.45) is 0 Å². The molecule has 2 aromatic carbocycles. The van der Waals surface area contributed by atoms with Crippen LogP contribution in [0.15, 0.2) is 24.4 Å². The molecule has 0 saturated carbocycles. The second-order valence-corrected chi connectivity index (χ2v) is 10.1. The SMILES string of the molecule is CCOc1cc2cn(CC(=O)c3cc(NC(C)C)c(OC)c(C(C)(C)C)c3)c(N)c2c(F)c1OCC. The number of nitrogens with one attached hydrogen (secondary N) is 1. The van der Waals surface area contributed by atoms with E-state index in [9.17, 15) is 4.79 Å². The van der Waals surface area contributed by atoms with Crippen LogP contribution in [0.3, 0.4) is 0 Å². The molecule has 0 aliphatic heterocycles. The van der Waals surface area contributed by atoms with E-state index in [0.717, 1.165) is 11.3 Å². The Morgan fingerprint density at radius 3 is 2.33 bits per heavy atom. The Kier molecular flexibility index (Phi) is 8.06. The minimum atomic E-state index is -0.593. The number of rotatable bonds is 10. The summed E-state index contributed by atoms with van der Waals surface area (Å²) in [6.45, 7) is 14.5. The molecule has 1 aromatic heterocycles. The van der Waals surface area contributed by atoms with Gasteiger partial charge in [-0.05, 0) is 51.3 Å². The number of nitrogens with zero attached hydrogens (tertiary/aromatic N) is 1. The van der Waals surface area contributed by atoms with Crippen LogP contribution in [0.1, 0.15) is 64.4 Å². The lowest BCUT2D eigenvalue weighted by atomic mass is 9.84. The van der Waals surface area contributed by atoms with Gasteiger partial charge >= 0.3 is 0 Å². The minimum Gasteiger partial charge on any atom is -0.494 e. The highest BCUT2D eigenvalue weighted by Crippen LogP contribution is 2.41. The van der Waals surface area contributed by atoms with Crippen molar-refractivity contribution in [3.63, 3.8) is 0 Å². The van der Waals surface area contributed by atoms with Gasteiger partial charge in [0.1, 0.15) is 11.6 Å². The van der Waals surface area contributed by atoms with Crippen LogP contribution >= 0.6 is 0 Å². The number of methoxy groups -OCH3 is 1. The Hall–Kier alpha value is -3.42. The van der Waals surface area contributed by atoms with E-state index in [1.54, 1.807) is 36.9 Å². The first-order valence-corrected chi connectivity index (χ1v) is 12.3. The molecule has 0 atom stereocenters. The molecule has 0 amide bonds. The van der Waals surface area contributed by atoms with Crippen molar-refractivity contribution >= 4 is 28.1 Å². The number of fused-ring (bicyclic) bond motifs is 1. The van der Waals surface area contributed by atoms with Gasteiger partial charge < -0.3 is 29.8 Å². The molecular weight excluding hydrogens is 461 g/mol. The molecule has 8 heteroatoms. The lowest BCUT2D eigenvalue weighted by Gasteiger charge is -2.26. The summed E-state index contributed by atoms with van der Waals surface area (Å²) in [4.78, 5) is 13.5. The number of aromatic nitrogens is 1. The third-order valence-electron chi connectivity index (χ3n) is 5.85. The first kappa shape index (κ1) is 27.2. The van der Waals surface area contributed by atoms with Crippen molar-refractivity contribution in [2.75, 3.05) is 31.4 Å². The summed E-state index contributed by atoms with van der Waals surface area (Å²) in [5, 5.41) is 4.14. The maximum Gasteiger partial charge on any atom is 0.197 e. The van der Waals surface area contributed by atoms with Gasteiger partial charge in [-0.1, -0.05) is 20.8 Å². The summed E-state index contributed by atoms with van der Waals surface area (Å²) >= 11 is 0. The molecule has 0 fully saturated rings. The van der Waals surface area contributed by atoms with E-state index in [1.165, 1.54) is 0 Å². The number of anilines is 2. The molecule has 0 bridgehead atoms. The summed E-state index contributed by atoms with van der Waals surface area (Å²) in [5.74, 6) is 0.457. The molecule has 0 aliphatic carbocycles. The number of hydrogen-bond donors (Lipinski definition) is 2. The fourth-order valence-corrected chi connectivity index (χ4v) is 4.27.